The maximum absolute atomic E-state index is 9.29. The van der Waals surface area contributed by atoms with E-state index in [0.717, 1.165) is 12.8 Å². The fraction of sp³-hybridized carbons (Fsp3) is 0.368. The third-order valence-electron chi connectivity index (χ3n) is 3.94. The van der Waals surface area contributed by atoms with Crippen LogP contribution in [0.15, 0.2) is 42.5 Å². The molecule has 0 saturated heterocycles. The number of phenolic OH excluding ortho intramolecular Hbond substituents is 1. The molecule has 2 aromatic carbocycles. The average Bonchev–Trinajstić information content (AvgIpc) is 2.52. The summed E-state index contributed by atoms with van der Waals surface area (Å²) in [5.74, 6) is 1.02. The standard InChI is InChI=1S/C19H24O.H3NS/c1-14-4-6-16(3)18(12-14)13-15(2)5-7-17-8-10-19(20)11-9-17;1-2/h4,6,8-12,15,20H,5,7,13H2,1-3H3;2H,1H2. The molecule has 2 rings (SSSR count). The Kier molecular flexibility index (Phi) is 8.07. The Balaban J connectivity index is 0.00000116. The summed E-state index contributed by atoms with van der Waals surface area (Å²) >= 11 is 3.03. The second-order valence-corrected chi connectivity index (χ2v) is 5.94. The first kappa shape index (κ1) is 18.6. The first-order valence-electron chi connectivity index (χ1n) is 7.64. The van der Waals surface area contributed by atoms with Gasteiger partial charge in [-0.1, -0.05) is 42.8 Å². The molecule has 0 aliphatic heterocycles. The van der Waals surface area contributed by atoms with Gasteiger partial charge in [0.15, 0.2) is 0 Å². The summed E-state index contributed by atoms with van der Waals surface area (Å²) in [6.45, 7) is 6.67. The molecular weight excluding hydrogens is 290 g/mol. The summed E-state index contributed by atoms with van der Waals surface area (Å²) in [5.41, 5.74) is 5.52. The Bertz CT molecular complexity index is 566. The summed E-state index contributed by atoms with van der Waals surface area (Å²) in [6.07, 6.45) is 3.40. The van der Waals surface area contributed by atoms with Crippen molar-refractivity contribution in [3.63, 3.8) is 0 Å². The Morgan fingerprint density at radius 1 is 1.05 bits per heavy atom. The number of hydrogen-bond donors (Lipinski definition) is 3. The highest BCUT2D eigenvalue weighted by Gasteiger charge is 2.07. The van der Waals surface area contributed by atoms with E-state index in [-0.39, 0.29) is 0 Å². The maximum Gasteiger partial charge on any atom is 0.115 e. The average molecular weight is 317 g/mol. The fourth-order valence-corrected chi connectivity index (χ4v) is 2.57. The van der Waals surface area contributed by atoms with Gasteiger partial charge in [0.1, 0.15) is 5.75 Å². The minimum absolute atomic E-state index is 0.345. The van der Waals surface area contributed by atoms with Crippen LogP contribution in [-0.4, -0.2) is 5.11 Å². The van der Waals surface area contributed by atoms with Crippen molar-refractivity contribution in [1.82, 2.24) is 0 Å². The molecule has 22 heavy (non-hydrogen) atoms. The van der Waals surface area contributed by atoms with E-state index in [2.05, 4.69) is 56.9 Å². The summed E-state index contributed by atoms with van der Waals surface area (Å²) in [7, 11) is 0. The highest BCUT2D eigenvalue weighted by Crippen LogP contribution is 2.19. The molecule has 0 spiro atoms. The van der Waals surface area contributed by atoms with Crippen LogP contribution in [0.25, 0.3) is 0 Å². The molecule has 0 aliphatic carbocycles. The van der Waals surface area contributed by atoms with E-state index in [0.29, 0.717) is 11.7 Å². The predicted octanol–water partition coefficient (Wildman–Crippen LogP) is 4.61. The van der Waals surface area contributed by atoms with Crippen molar-refractivity contribution in [3.05, 3.63) is 64.7 Å². The maximum atomic E-state index is 9.29. The number of phenols is 1. The van der Waals surface area contributed by atoms with Gasteiger partial charge in [-0.15, -0.1) is 12.8 Å². The zero-order valence-corrected chi connectivity index (χ0v) is 14.6. The molecule has 1 unspecified atom stereocenters. The molecule has 0 aliphatic rings. The molecule has 120 valence electrons. The van der Waals surface area contributed by atoms with Crippen LogP contribution < -0.4 is 5.14 Å². The van der Waals surface area contributed by atoms with Gasteiger partial charge < -0.3 is 5.11 Å². The molecular formula is C19H27NOS. The van der Waals surface area contributed by atoms with Crippen LogP contribution in [0.4, 0.5) is 0 Å². The first-order valence-corrected chi connectivity index (χ1v) is 8.16. The molecule has 3 heteroatoms. The zero-order valence-electron chi connectivity index (χ0n) is 13.7. The number of thiol groups is 1. The largest absolute Gasteiger partial charge is 0.508 e. The van der Waals surface area contributed by atoms with Crippen molar-refractivity contribution in [2.24, 2.45) is 11.1 Å². The van der Waals surface area contributed by atoms with Crippen molar-refractivity contribution >= 4 is 12.8 Å². The highest BCUT2D eigenvalue weighted by atomic mass is 32.1. The van der Waals surface area contributed by atoms with Gasteiger partial charge in [-0.3, -0.25) is 5.14 Å². The fourth-order valence-electron chi connectivity index (χ4n) is 2.57. The predicted molar refractivity (Wildman–Crippen MR) is 98.4 cm³/mol. The second-order valence-electron chi connectivity index (χ2n) is 5.94. The van der Waals surface area contributed by atoms with Crippen molar-refractivity contribution in [3.8, 4) is 5.75 Å². The number of rotatable bonds is 5. The Labute approximate surface area is 139 Å². The van der Waals surface area contributed by atoms with Crippen LogP contribution >= 0.6 is 12.8 Å². The van der Waals surface area contributed by atoms with Gasteiger partial charge in [0.25, 0.3) is 0 Å². The van der Waals surface area contributed by atoms with Gasteiger partial charge in [0.2, 0.25) is 0 Å². The van der Waals surface area contributed by atoms with Gasteiger partial charge in [0, 0.05) is 0 Å². The van der Waals surface area contributed by atoms with Crippen LogP contribution in [-0.2, 0) is 12.8 Å². The number of hydrogen-bond acceptors (Lipinski definition) is 3. The Morgan fingerprint density at radius 3 is 2.32 bits per heavy atom. The summed E-state index contributed by atoms with van der Waals surface area (Å²) in [4.78, 5) is 0. The van der Waals surface area contributed by atoms with Gasteiger partial charge in [-0.05, 0) is 67.9 Å². The summed E-state index contributed by atoms with van der Waals surface area (Å²) in [6, 6.07) is 14.3. The van der Waals surface area contributed by atoms with E-state index in [1.54, 1.807) is 12.1 Å². The summed E-state index contributed by atoms with van der Waals surface area (Å²) < 4.78 is 0. The van der Waals surface area contributed by atoms with E-state index in [9.17, 15) is 5.11 Å². The van der Waals surface area contributed by atoms with E-state index < -0.39 is 0 Å². The van der Waals surface area contributed by atoms with E-state index in [4.69, 9.17) is 0 Å². The highest BCUT2D eigenvalue weighted by molar-refractivity contribution is 7.77. The Hall–Kier alpha value is -1.45. The van der Waals surface area contributed by atoms with Crippen LogP contribution in [0, 0.1) is 19.8 Å². The molecule has 0 heterocycles. The topological polar surface area (TPSA) is 46.2 Å². The molecule has 0 amide bonds. The van der Waals surface area contributed by atoms with E-state index in [1.165, 1.54) is 28.7 Å². The SMILES string of the molecule is Cc1ccc(C)c(CC(C)CCc2ccc(O)cc2)c1.NS. The van der Waals surface area contributed by atoms with Crippen molar-refractivity contribution in [2.75, 3.05) is 0 Å². The minimum Gasteiger partial charge on any atom is -0.508 e. The van der Waals surface area contributed by atoms with Crippen molar-refractivity contribution in [2.45, 2.75) is 40.0 Å². The van der Waals surface area contributed by atoms with Gasteiger partial charge >= 0.3 is 0 Å². The van der Waals surface area contributed by atoms with Gasteiger partial charge in [-0.25, -0.2) is 0 Å². The van der Waals surface area contributed by atoms with Gasteiger partial charge in [-0.2, -0.15) is 0 Å². The molecule has 3 N–H and O–H groups in total. The molecule has 0 saturated carbocycles. The number of benzene rings is 2. The smallest absolute Gasteiger partial charge is 0.115 e. The lowest BCUT2D eigenvalue weighted by Gasteiger charge is -2.14. The van der Waals surface area contributed by atoms with Crippen LogP contribution in [0.1, 0.15) is 35.6 Å². The third-order valence-corrected chi connectivity index (χ3v) is 3.94. The van der Waals surface area contributed by atoms with E-state index in [1.807, 2.05) is 12.1 Å². The van der Waals surface area contributed by atoms with Crippen molar-refractivity contribution in [1.29, 1.82) is 0 Å². The van der Waals surface area contributed by atoms with Crippen LogP contribution in [0.2, 0.25) is 0 Å². The van der Waals surface area contributed by atoms with Gasteiger partial charge in [0.05, 0.1) is 0 Å². The third kappa shape index (κ3) is 6.12. The molecule has 2 nitrogen and oxygen atoms in total. The normalized spacial score (nSPS) is 11.5. The summed E-state index contributed by atoms with van der Waals surface area (Å²) in [5, 5.41) is 13.5. The second kappa shape index (κ2) is 9.54. The molecule has 0 radical (unpaired) electrons. The first-order chi connectivity index (χ1) is 10.5. The number of aryl methyl sites for hydroxylation is 3. The quantitative estimate of drug-likeness (QED) is 0.705. The lowest BCUT2D eigenvalue weighted by Crippen LogP contribution is -2.03. The lowest BCUT2D eigenvalue weighted by atomic mass is 9.92. The molecule has 0 fully saturated rings. The number of aromatic hydroxyl groups is 1. The van der Waals surface area contributed by atoms with Crippen LogP contribution in [0.5, 0.6) is 5.75 Å². The molecule has 0 aromatic heterocycles. The minimum atomic E-state index is 0.345. The Morgan fingerprint density at radius 2 is 1.68 bits per heavy atom. The van der Waals surface area contributed by atoms with Crippen molar-refractivity contribution < 1.29 is 5.11 Å². The molecule has 2 aromatic rings. The monoisotopic (exact) mass is 317 g/mol. The molecule has 0 bridgehead atoms. The number of nitrogens with two attached hydrogens (primary N) is 1. The van der Waals surface area contributed by atoms with Crippen LogP contribution in [0.3, 0.4) is 0 Å². The molecule has 1 atom stereocenters. The zero-order chi connectivity index (χ0) is 16.5. The van der Waals surface area contributed by atoms with E-state index >= 15 is 0 Å². The lowest BCUT2D eigenvalue weighted by molar-refractivity contribution is 0.474.